The molecular formula is C23H13Cl2F12N3Zr. The molecule has 0 fully saturated rings. The zero-order chi connectivity index (χ0) is 31.2. The van der Waals surface area contributed by atoms with Gasteiger partial charge in [-0.25, -0.2) is 0 Å². The number of nitrogens with zero attached hydrogens (tertiary/aromatic N) is 3. The molecule has 0 spiro atoms. The van der Waals surface area contributed by atoms with Crippen LogP contribution in [0.15, 0.2) is 54.6 Å². The number of benzene rings is 2. The van der Waals surface area contributed by atoms with Gasteiger partial charge in [-0.3, -0.25) is 4.98 Å². The van der Waals surface area contributed by atoms with E-state index in [9.17, 15) is 52.7 Å². The van der Waals surface area contributed by atoms with Crippen LogP contribution in [0.5, 0.6) is 0 Å². The van der Waals surface area contributed by atoms with E-state index in [1.54, 1.807) is 0 Å². The second-order valence-electron chi connectivity index (χ2n) is 7.85. The average Bonchev–Trinajstić information content (AvgIpc) is 2.84. The molecule has 1 aromatic heterocycles. The van der Waals surface area contributed by atoms with Gasteiger partial charge in [-0.05, 0) is 24.3 Å². The van der Waals surface area contributed by atoms with Crippen molar-refractivity contribution in [3.8, 4) is 0 Å². The van der Waals surface area contributed by atoms with Crippen LogP contribution in [0.4, 0.5) is 64.1 Å². The Morgan fingerprint density at radius 2 is 0.805 bits per heavy atom. The maximum atomic E-state index is 13.0. The van der Waals surface area contributed by atoms with Crippen molar-refractivity contribution in [2.45, 2.75) is 37.8 Å². The summed E-state index contributed by atoms with van der Waals surface area (Å²) >= 11 is -0.826. The van der Waals surface area contributed by atoms with Crippen LogP contribution in [0.1, 0.15) is 33.6 Å². The minimum absolute atomic E-state index is 0.0451. The van der Waals surface area contributed by atoms with Crippen molar-refractivity contribution in [2.75, 3.05) is 0 Å². The Morgan fingerprint density at radius 3 is 1.05 bits per heavy atom. The van der Waals surface area contributed by atoms with Gasteiger partial charge in [0.1, 0.15) is 0 Å². The zero-order valence-electron chi connectivity index (χ0n) is 19.7. The summed E-state index contributed by atoms with van der Waals surface area (Å²) in [5.74, 6) is 0. The van der Waals surface area contributed by atoms with E-state index in [0.29, 0.717) is 24.3 Å². The first-order valence-electron chi connectivity index (χ1n) is 10.6. The average molecular weight is 721 g/mol. The molecule has 3 nitrogen and oxygen atoms in total. The first-order chi connectivity index (χ1) is 18.7. The van der Waals surface area contributed by atoms with Crippen molar-refractivity contribution in [1.82, 2.24) is 4.98 Å². The van der Waals surface area contributed by atoms with Gasteiger partial charge in [-0.15, -0.1) is 11.4 Å². The van der Waals surface area contributed by atoms with E-state index >= 15 is 0 Å². The van der Waals surface area contributed by atoms with E-state index in [-0.39, 0.29) is 23.5 Å². The van der Waals surface area contributed by atoms with Crippen LogP contribution >= 0.6 is 17.0 Å². The number of hydrogen-bond acceptors (Lipinski definition) is 1. The van der Waals surface area contributed by atoms with E-state index in [4.69, 9.17) is 17.0 Å². The van der Waals surface area contributed by atoms with E-state index in [2.05, 4.69) is 15.6 Å². The fourth-order valence-electron chi connectivity index (χ4n) is 3.11. The topological polar surface area (TPSA) is 41.1 Å². The van der Waals surface area contributed by atoms with Gasteiger partial charge in [-0.1, -0.05) is 43.4 Å². The summed E-state index contributed by atoms with van der Waals surface area (Å²) in [4.78, 5) is 4.01. The molecule has 0 N–H and O–H groups in total. The summed E-state index contributed by atoms with van der Waals surface area (Å²) < 4.78 is 156. The van der Waals surface area contributed by atoms with Crippen molar-refractivity contribution >= 4 is 28.4 Å². The summed E-state index contributed by atoms with van der Waals surface area (Å²) in [5, 5.41) is 7.44. The molecule has 0 saturated carbocycles. The fraction of sp³-hybridized carbons (Fsp3) is 0.261. The van der Waals surface area contributed by atoms with Crippen molar-refractivity contribution < 1.29 is 73.5 Å². The molecule has 0 aliphatic carbocycles. The van der Waals surface area contributed by atoms with E-state index in [0.717, 1.165) is 0 Å². The second kappa shape index (κ2) is 13.9. The number of pyridine rings is 1. The van der Waals surface area contributed by atoms with Gasteiger partial charge < -0.3 is 10.6 Å². The molecule has 41 heavy (non-hydrogen) atoms. The normalized spacial score (nSPS) is 12.2. The monoisotopic (exact) mass is 719 g/mol. The molecule has 1 heterocycles. The molecule has 222 valence electrons. The number of hydrogen-bond donors (Lipinski definition) is 0. The number of alkyl halides is 12. The Hall–Kier alpha value is -2.19. The van der Waals surface area contributed by atoms with E-state index in [1.807, 2.05) is 0 Å². The third kappa shape index (κ3) is 11.2. The van der Waals surface area contributed by atoms with Crippen LogP contribution in [0.3, 0.4) is 0 Å². The predicted octanol–water partition coefficient (Wildman–Crippen LogP) is 10.9. The molecule has 0 aliphatic heterocycles. The van der Waals surface area contributed by atoms with Crippen LogP contribution in [0.25, 0.3) is 10.6 Å². The Kier molecular flexibility index (Phi) is 11.8. The number of aromatic nitrogens is 1. The summed E-state index contributed by atoms with van der Waals surface area (Å²) in [5.41, 5.74) is -7.43. The summed E-state index contributed by atoms with van der Waals surface area (Å²) in [6, 6.07) is 5.54. The van der Waals surface area contributed by atoms with Gasteiger partial charge in [0.15, 0.2) is 0 Å². The standard InChI is InChI=1S/C23H13F12N3.2ClH.Zr/c24-20(25,26)12-4-13(21(27,28)29)7-18(6-12)36-10-16-2-1-3-17(38-16)11-37-19-8-14(22(30,31)32)5-15(9-19)23(33,34)35;;;/h1-9H,10-11H2;2*1H;/q-2;;;+4/p-2. The second-order valence-corrected chi connectivity index (χ2v) is 11.6. The summed E-state index contributed by atoms with van der Waals surface area (Å²) in [6.45, 7) is -0.956. The quantitative estimate of drug-likeness (QED) is 0.234. The molecule has 0 bridgehead atoms. The number of rotatable bonds is 6. The van der Waals surface area contributed by atoms with Gasteiger partial charge in [-0.2, -0.15) is 52.7 Å². The molecule has 0 radical (unpaired) electrons. The molecule has 2 aromatic carbocycles. The van der Waals surface area contributed by atoms with Crippen LogP contribution in [-0.4, -0.2) is 4.98 Å². The molecule has 0 unspecified atom stereocenters. The van der Waals surface area contributed by atoms with Crippen molar-refractivity contribution in [1.29, 1.82) is 0 Å². The third-order valence-corrected chi connectivity index (χ3v) is 4.86. The molecule has 0 amide bonds. The predicted molar refractivity (Wildman–Crippen MR) is 122 cm³/mol. The fourth-order valence-corrected chi connectivity index (χ4v) is 3.11. The van der Waals surface area contributed by atoms with Crippen molar-refractivity contribution in [2.24, 2.45) is 0 Å². The van der Waals surface area contributed by atoms with Gasteiger partial charge in [0.05, 0.1) is 22.3 Å². The minimum atomic E-state index is -5.07. The van der Waals surface area contributed by atoms with E-state index < -0.39 is 92.3 Å². The maximum absolute atomic E-state index is 13.0. The van der Waals surface area contributed by atoms with Crippen LogP contribution in [0, 0.1) is 0 Å². The Labute approximate surface area is 242 Å². The molecule has 0 atom stereocenters. The Balaban J connectivity index is 0.00000187. The molecule has 0 aliphatic rings. The summed E-state index contributed by atoms with van der Waals surface area (Å²) in [6.07, 6.45) is -20.3. The molecule has 0 saturated heterocycles. The van der Waals surface area contributed by atoms with Gasteiger partial charge in [0.2, 0.25) is 0 Å². The van der Waals surface area contributed by atoms with E-state index in [1.165, 1.54) is 18.2 Å². The van der Waals surface area contributed by atoms with Crippen molar-refractivity contribution in [3.05, 3.63) is 98.9 Å². The molecule has 18 heteroatoms. The van der Waals surface area contributed by atoms with Crippen molar-refractivity contribution in [3.63, 3.8) is 0 Å². The van der Waals surface area contributed by atoms with Gasteiger partial charge in [0, 0.05) is 11.4 Å². The van der Waals surface area contributed by atoms with Gasteiger partial charge in [0.25, 0.3) is 0 Å². The number of halogens is 14. The summed E-state index contributed by atoms with van der Waals surface area (Å²) in [7, 11) is 9.87. The van der Waals surface area contributed by atoms with Crippen LogP contribution in [0.2, 0.25) is 0 Å². The van der Waals surface area contributed by atoms with Gasteiger partial charge >= 0.3 is 62.6 Å². The first-order valence-corrected chi connectivity index (χ1v) is 16.9. The first kappa shape index (κ1) is 35.0. The SMILES string of the molecule is FC(F)(F)c1cc([N-]Cc2cccc(C[N-]c3cc(C(F)(F)F)cc(C(F)(F)F)c3)n2)cc(C(F)(F)F)c1.[Cl][Zr+2][Cl]. The third-order valence-electron chi connectivity index (χ3n) is 4.86. The zero-order valence-corrected chi connectivity index (χ0v) is 23.7. The Bertz CT molecular complexity index is 1150. The molecular weight excluding hydrogens is 708 g/mol. The molecule has 3 aromatic rings. The molecule has 3 rings (SSSR count). The van der Waals surface area contributed by atoms with Crippen LogP contribution in [-0.2, 0) is 58.6 Å². The Morgan fingerprint density at radius 1 is 0.537 bits per heavy atom. The van der Waals surface area contributed by atoms with Crippen LogP contribution < -0.4 is 0 Å².